The number of aryl methyl sites for hydroxylation is 2. The minimum atomic E-state index is -0.0200. The smallest absolute Gasteiger partial charge is 0.251 e. The molecular formula is C27H26N6O. The first-order chi connectivity index (χ1) is 16.6. The predicted molar refractivity (Wildman–Crippen MR) is 132 cm³/mol. The molecule has 34 heavy (non-hydrogen) atoms. The second kappa shape index (κ2) is 8.09. The van der Waals surface area contributed by atoms with Crippen LogP contribution in [0.4, 0.5) is 11.6 Å². The molecule has 4 aromatic rings. The third-order valence-electron chi connectivity index (χ3n) is 6.61. The molecule has 170 valence electrons. The summed E-state index contributed by atoms with van der Waals surface area (Å²) in [4.78, 5) is 21.3. The molecule has 1 aliphatic heterocycles. The molecule has 2 aromatic carbocycles. The van der Waals surface area contributed by atoms with Crippen LogP contribution in [0.5, 0.6) is 0 Å². The lowest BCUT2D eigenvalue weighted by molar-refractivity contribution is 0.0966. The maximum atomic E-state index is 11.8. The second-order valence-corrected chi connectivity index (χ2v) is 9.04. The number of nitrogens with one attached hydrogen (secondary N) is 2. The summed E-state index contributed by atoms with van der Waals surface area (Å²) >= 11 is 0. The van der Waals surface area contributed by atoms with Crippen molar-refractivity contribution in [2.75, 3.05) is 5.32 Å². The molecule has 1 amide bonds. The lowest BCUT2D eigenvalue weighted by Crippen LogP contribution is -2.12. The van der Waals surface area contributed by atoms with Crippen LogP contribution in [-0.2, 0) is 13.1 Å². The Morgan fingerprint density at radius 3 is 2.68 bits per heavy atom. The topological polar surface area (TPSA) is 84.7 Å². The number of benzene rings is 2. The van der Waals surface area contributed by atoms with E-state index in [1.165, 1.54) is 18.4 Å². The van der Waals surface area contributed by atoms with E-state index in [0.717, 1.165) is 39.2 Å². The zero-order valence-electron chi connectivity index (χ0n) is 19.3. The highest BCUT2D eigenvalue weighted by atomic mass is 16.1. The van der Waals surface area contributed by atoms with Crippen molar-refractivity contribution in [1.29, 1.82) is 0 Å². The van der Waals surface area contributed by atoms with E-state index in [0.29, 0.717) is 30.8 Å². The van der Waals surface area contributed by atoms with E-state index >= 15 is 0 Å². The standard InChI is InChI=1S/C27H26N6O/c1-3-33-27(30-21-8-10-23-20(13-21)15-29-26(23)34)31-25(32-33)18-6-9-22(16(2)12-18)24-11-7-19(14-28-24)17-4-5-17/h6-14,17H,3-5,15H2,1-2H3,(H,29,34)(H,30,31,32). The van der Waals surface area contributed by atoms with Crippen LogP contribution in [0.1, 0.15) is 52.7 Å². The van der Waals surface area contributed by atoms with Crippen LogP contribution in [-0.4, -0.2) is 25.7 Å². The number of aromatic nitrogens is 4. The van der Waals surface area contributed by atoms with Crippen LogP contribution >= 0.6 is 0 Å². The molecule has 1 aliphatic carbocycles. The van der Waals surface area contributed by atoms with Gasteiger partial charge in [0, 0.05) is 41.7 Å². The Morgan fingerprint density at radius 1 is 1.09 bits per heavy atom. The average molecular weight is 451 g/mol. The highest BCUT2D eigenvalue weighted by molar-refractivity contribution is 5.98. The molecule has 0 radical (unpaired) electrons. The minimum absolute atomic E-state index is 0.0200. The van der Waals surface area contributed by atoms with Crippen LogP contribution in [0.2, 0.25) is 0 Å². The molecular weight excluding hydrogens is 424 g/mol. The van der Waals surface area contributed by atoms with E-state index in [2.05, 4.69) is 47.9 Å². The van der Waals surface area contributed by atoms with Gasteiger partial charge in [-0.25, -0.2) is 4.68 Å². The Kier molecular flexibility index (Phi) is 4.90. The van der Waals surface area contributed by atoms with Crippen molar-refractivity contribution in [3.05, 3.63) is 77.0 Å². The van der Waals surface area contributed by atoms with E-state index in [1.54, 1.807) is 0 Å². The van der Waals surface area contributed by atoms with Gasteiger partial charge in [0.15, 0.2) is 5.82 Å². The molecule has 1 fully saturated rings. The first kappa shape index (κ1) is 20.6. The van der Waals surface area contributed by atoms with Gasteiger partial charge >= 0.3 is 0 Å². The minimum Gasteiger partial charge on any atom is -0.348 e. The van der Waals surface area contributed by atoms with Crippen LogP contribution in [0.25, 0.3) is 22.6 Å². The van der Waals surface area contributed by atoms with Gasteiger partial charge in [0.2, 0.25) is 5.95 Å². The molecule has 6 rings (SSSR count). The molecule has 2 aliphatic rings. The first-order valence-electron chi connectivity index (χ1n) is 11.8. The van der Waals surface area contributed by atoms with Gasteiger partial charge in [-0.15, -0.1) is 5.10 Å². The van der Waals surface area contributed by atoms with Crippen LogP contribution in [0.15, 0.2) is 54.7 Å². The number of fused-ring (bicyclic) bond motifs is 1. The Balaban J connectivity index is 1.26. The van der Waals surface area contributed by atoms with Gasteiger partial charge < -0.3 is 10.6 Å². The monoisotopic (exact) mass is 450 g/mol. The summed E-state index contributed by atoms with van der Waals surface area (Å²) in [6.07, 6.45) is 4.59. The van der Waals surface area contributed by atoms with E-state index in [1.807, 2.05) is 36.0 Å². The normalized spacial score (nSPS) is 14.7. The number of pyridine rings is 1. The van der Waals surface area contributed by atoms with Crippen molar-refractivity contribution < 1.29 is 4.79 Å². The van der Waals surface area contributed by atoms with E-state index in [4.69, 9.17) is 15.1 Å². The summed E-state index contributed by atoms with van der Waals surface area (Å²) in [6.45, 7) is 5.39. The fourth-order valence-electron chi connectivity index (χ4n) is 4.53. The van der Waals surface area contributed by atoms with Crippen LogP contribution in [0, 0.1) is 6.92 Å². The third kappa shape index (κ3) is 3.73. The molecule has 3 heterocycles. The maximum Gasteiger partial charge on any atom is 0.251 e. The van der Waals surface area contributed by atoms with Crippen molar-refractivity contribution >= 4 is 17.5 Å². The summed E-state index contributed by atoms with van der Waals surface area (Å²) in [6, 6.07) is 16.4. The Bertz CT molecular complexity index is 1400. The fraction of sp³-hybridized carbons (Fsp3) is 0.259. The van der Waals surface area contributed by atoms with Crippen molar-refractivity contribution in [3.8, 4) is 22.6 Å². The second-order valence-electron chi connectivity index (χ2n) is 9.04. The number of amides is 1. The highest BCUT2D eigenvalue weighted by Crippen LogP contribution is 2.40. The summed E-state index contributed by atoms with van der Waals surface area (Å²) in [5.74, 6) is 2.04. The summed E-state index contributed by atoms with van der Waals surface area (Å²) < 4.78 is 1.85. The number of nitrogens with zero attached hydrogens (tertiary/aromatic N) is 4. The quantitative estimate of drug-likeness (QED) is 0.422. The molecule has 0 spiro atoms. The largest absolute Gasteiger partial charge is 0.348 e. The summed E-state index contributed by atoms with van der Waals surface area (Å²) in [7, 11) is 0. The molecule has 2 aromatic heterocycles. The van der Waals surface area contributed by atoms with Gasteiger partial charge in [0.1, 0.15) is 0 Å². The number of hydrogen-bond acceptors (Lipinski definition) is 5. The van der Waals surface area contributed by atoms with E-state index in [9.17, 15) is 4.79 Å². The Hall–Kier alpha value is -4.00. The molecule has 2 N–H and O–H groups in total. The number of carbonyl (C=O) groups is 1. The maximum absolute atomic E-state index is 11.8. The lowest BCUT2D eigenvalue weighted by atomic mass is 10.0. The molecule has 7 nitrogen and oxygen atoms in total. The number of carbonyl (C=O) groups excluding carboxylic acids is 1. The first-order valence-corrected chi connectivity index (χ1v) is 11.8. The molecule has 0 saturated heterocycles. The summed E-state index contributed by atoms with van der Waals surface area (Å²) in [5.41, 5.74) is 8.18. The van der Waals surface area contributed by atoms with Gasteiger partial charge in [-0.05, 0) is 79.6 Å². The van der Waals surface area contributed by atoms with Gasteiger partial charge in [-0.2, -0.15) is 4.98 Å². The van der Waals surface area contributed by atoms with Crippen molar-refractivity contribution in [1.82, 2.24) is 25.1 Å². The fourth-order valence-corrected chi connectivity index (χ4v) is 4.53. The zero-order valence-corrected chi connectivity index (χ0v) is 19.3. The lowest BCUT2D eigenvalue weighted by Gasteiger charge is -2.08. The SMILES string of the molecule is CCn1nc(-c2ccc(-c3ccc(C4CC4)cn3)c(C)c2)nc1Nc1ccc2c(c1)CNC2=O. The van der Waals surface area contributed by atoms with Crippen molar-refractivity contribution in [2.24, 2.45) is 0 Å². The Morgan fingerprint density at radius 2 is 1.94 bits per heavy atom. The Labute approximate surface area is 198 Å². The van der Waals surface area contributed by atoms with E-state index in [-0.39, 0.29) is 5.91 Å². The van der Waals surface area contributed by atoms with Crippen molar-refractivity contribution in [3.63, 3.8) is 0 Å². The predicted octanol–water partition coefficient (Wildman–Crippen LogP) is 5.20. The van der Waals surface area contributed by atoms with E-state index < -0.39 is 0 Å². The molecule has 7 heteroatoms. The van der Waals surface area contributed by atoms with Crippen LogP contribution < -0.4 is 10.6 Å². The molecule has 0 bridgehead atoms. The number of rotatable bonds is 6. The molecule has 0 atom stereocenters. The van der Waals surface area contributed by atoms with Gasteiger partial charge in [0.25, 0.3) is 5.91 Å². The van der Waals surface area contributed by atoms with Crippen LogP contribution in [0.3, 0.4) is 0 Å². The molecule has 0 unspecified atom stereocenters. The average Bonchev–Trinajstić information content (AvgIpc) is 3.53. The van der Waals surface area contributed by atoms with Gasteiger partial charge in [-0.3, -0.25) is 9.78 Å². The highest BCUT2D eigenvalue weighted by Gasteiger charge is 2.24. The van der Waals surface area contributed by atoms with Crippen molar-refractivity contribution in [2.45, 2.75) is 45.7 Å². The molecule has 1 saturated carbocycles. The third-order valence-corrected chi connectivity index (χ3v) is 6.61. The summed E-state index contributed by atoms with van der Waals surface area (Å²) in [5, 5.41) is 10.9. The number of anilines is 2. The van der Waals surface area contributed by atoms with Gasteiger partial charge in [-0.1, -0.05) is 18.2 Å². The number of hydrogen-bond donors (Lipinski definition) is 2. The zero-order chi connectivity index (χ0) is 23.2. The van der Waals surface area contributed by atoms with Gasteiger partial charge in [0.05, 0.1) is 5.69 Å².